The zero-order valence-corrected chi connectivity index (χ0v) is 15.7. The molecule has 0 atom stereocenters. The Labute approximate surface area is 154 Å². The van der Waals surface area contributed by atoms with Crippen LogP contribution in [-0.4, -0.2) is 47.0 Å². The fourth-order valence-electron chi connectivity index (χ4n) is 3.05. The number of hydrogen-bond donors (Lipinski definition) is 1. The highest BCUT2D eigenvalue weighted by atomic mass is 16.1. The van der Waals surface area contributed by atoms with Crippen LogP contribution < -0.4 is 15.1 Å². The average Bonchev–Trinajstić information content (AvgIpc) is 2.68. The lowest BCUT2D eigenvalue weighted by Gasteiger charge is -2.36. The summed E-state index contributed by atoms with van der Waals surface area (Å²) >= 11 is 0. The second-order valence-electron chi connectivity index (χ2n) is 6.55. The number of rotatable bonds is 5. The zero-order chi connectivity index (χ0) is 18.5. The first-order valence-electron chi connectivity index (χ1n) is 9.08. The Morgan fingerprint density at radius 2 is 1.88 bits per heavy atom. The van der Waals surface area contributed by atoms with E-state index in [2.05, 4.69) is 43.1 Å². The van der Waals surface area contributed by atoms with Gasteiger partial charge in [0.05, 0.1) is 0 Å². The number of anilines is 2. The van der Waals surface area contributed by atoms with Crippen LogP contribution in [0.1, 0.15) is 30.3 Å². The minimum Gasteiger partial charge on any atom is -0.353 e. The van der Waals surface area contributed by atoms with E-state index in [1.165, 1.54) is 0 Å². The number of nitrogens with zero attached hydrogens (tertiary/aromatic N) is 5. The summed E-state index contributed by atoms with van der Waals surface area (Å²) in [5, 5.41) is 2.91. The van der Waals surface area contributed by atoms with Crippen molar-refractivity contribution in [2.45, 2.75) is 33.7 Å². The number of carbonyl (C=O) groups excluding carboxylic acids is 1. The third-order valence-corrected chi connectivity index (χ3v) is 4.59. The van der Waals surface area contributed by atoms with Crippen molar-refractivity contribution >= 4 is 17.5 Å². The first-order valence-corrected chi connectivity index (χ1v) is 9.08. The number of aryl methyl sites for hydroxylation is 2. The molecule has 3 heterocycles. The van der Waals surface area contributed by atoms with Crippen LogP contribution in [0.25, 0.3) is 0 Å². The van der Waals surface area contributed by atoms with Crippen molar-refractivity contribution in [3.63, 3.8) is 0 Å². The zero-order valence-electron chi connectivity index (χ0n) is 15.7. The topological polar surface area (TPSA) is 74.2 Å². The van der Waals surface area contributed by atoms with Gasteiger partial charge >= 0.3 is 0 Å². The highest BCUT2D eigenvalue weighted by Crippen LogP contribution is 2.21. The molecule has 1 fully saturated rings. The lowest BCUT2D eigenvalue weighted by Crippen LogP contribution is -2.47. The molecule has 1 aliphatic heterocycles. The van der Waals surface area contributed by atoms with Crippen molar-refractivity contribution in [2.75, 3.05) is 36.0 Å². The lowest BCUT2D eigenvalue weighted by molar-refractivity contribution is -0.120. The first kappa shape index (κ1) is 18.1. The minimum atomic E-state index is 0.0625. The molecule has 0 unspecified atom stereocenters. The summed E-state index contributed by atoms with van der Waals surface area (Å²) < 4.78 is 0. The van der Waals surface area contributed by atoms with E-state index in [1.54, 1.807) is 0 Å². The number of nitrogens with one attached hydrogen (secondary N) is 1. The minimum absolute atomic E-state index is 0.0625. The van der Waals surface area contributed by atoms with E-state index in [1.807, 2.05) is 32.3 Å². The van der Waals surface area contributed by atoms with Gasteiger partial charge in [-0.15, -0.1) is 0 Å². The predicted molar refractivity (Wildman–Crippen MR) is 102 cm³/mol. The molecule has 0 spiro atoms. The summed E-state index contributed by atoms with van der Waals surface area (Å²) in [4.78, 5) is 29.4. The molecule has 7 heteroatoms. The molecule has 1 N–H and O–H groups in total. The van der Waals surface area contributed by atoms with Gasteiger partial charge in [-0.3, -0.25) is 4.79 Å². The third-order valence-electron chi connectivity index (χ3n) is 4.59. The molecule has 0 saturated carbocycles. The van der Waals surface area contributed by atoms with Gasteiger partial charge in [-0.05, 0) is 31.5 Å². The lowest BCUT2D eigenvalue weighted by atomic mass is 10.2. The SMILES string of the molecule is CCC(=O)NCc1ccnc(N2CCN(c3nc(C)ncc3C)CC2)c1. The van der Waals surface area contributed by atoms with Gasteiger partial charge in [0.25, 0.3) is 0 Å². The third kappa shape index (κ3) is 4.28. The Kier molecular flexibility index (Phi) is 5.65. The van der Waals surface area contributed by atoms with Crippen molar-refractivity contribution in [1.29, 1.82) is 0 Å². The molecule has 0 bridgehead atoms. The number of pyridine rings is 1. The van der Waals surface area contributed by atoms with E-state index in [9.17, 15) is 4.79 Å². The molecule has 1 saturated heterocycles. The van der Waals surface area contributed by atoms with Gasteiger partial charge in [0.15, 0.2) is 0 Å². The van der Waals surface area contributed by atoms with E-state index < -0.39 is 0 Å². The van der Waals surface area contributed by atoms with Gasteiger partial charge in [0, 0.05) is 57.1 Å². The van der Waals surface area contributed by atoms with Crippen molar-refractivity contribution in [1.82, 2.24) is 20.3 Å². The number of piperazine rings is 1. The normalized spacial score (nSPS) is 14.4. The maximum Gasteiger partial charge on any atom is 0.219 e. The maximum atomic E-state index is 11.4. The van der Waals surface area contributed by atoms with Crippen molar-refractivity contribution < 1.29 is 4.79 Å². The van der Waals surface area contributed by atoms with Gasteiger partial charge in [0.2, 0.25) is 5.91 Å². The van der Waals surface area contributed by atoms with Crippen molar-refractivity contribution in [3.8, 4) is 0 Å². The van der Waals surface area contributed by atoms with Crippen LogP contribution in [0.3, 0.4) is 0 Å². The van der Waals surface area contributed by atoms with Gasteiger partial charge < -0.3 is 15.1 Å². The van der Waals surface area contributed by atoms with E-state index in [4.69, 9.17) is 0 Å². The molecule has 2 aromatic rings. The average molecular weight is 354 g/mol. The molecular formula is C19H26N6O. The summed E-state index contributed by atoms with van der Waals surface area (Å²) in [5.41, 5.74) is 2.18. The molecule has 2 aromatic heterocycles. The Morgan fingerprint density at radius 3 is 2.62 bits per heavy atom. The summed E-state index contributed by atoms with van der Waals surface area (Å²) in [6.07, 6.45) is 4.20. The van der Waals surface area contributed by atoms with Crippen LogP contribution >= 0.6 is 0 Å². The number of aromatic nitrogens is 3. The van der Waals surface area contributed by atoms with Gasteiger partial charge in [-0.25, -0.2) is 15.0 Å². The standard InChI is InChI=1S/C19H26N6O/c1-4-18(26)22-13-16-5-6-20-17(11-16)24-7-9-25(10-8-24)19-14(2)12-21-15(3)23-19/h5-6,11-12H,4,7-10,13H2,1-3H3,(H,22,26). The van der Waals surface area contributed by atoms with E-state index >= 15 is 0 Å². The molecule has 1 aliphatic rings. The van der Waals surface area contributed by atoms with Crippen LogP contribution in [0, 0.1) is 13.8 Å². The van der Waals surface area contributed by atoms with Crippen molar-refractivity contribution in [3.05, 3.63) is 41.5 Å². The van der Waals surface area contributed by atoms with Crippen molar-refractivity contribution in [2.24, 2.45) is 0 Å². The Balaban J connectivity index is 1.63. The number of hydrogen-bond acceptors (Lipinski definition) is 6. The van der Waals surface area contributed by atoms with E-state index in [-0.39, 0.29) is 5.91 Å². The fraction of sp³-hybridized carbons (Fsp3) is 0.474. The highest BCUT2D eigenvalue weighted by Gasteiger charge is 2.20. The van der Waals surface area contributed by atoms with Gasteiger partial charge in [-0.2, -0.15) is 0 Å². The highest BCUT2D eigenvalue weighted by molar-refractivity contribution is 5.75. The van der Waals surface area contributed by atoms with Gasteiger partial charge in [-0.1, -0.05) is 6.92 Å². The number of carbonyl (C=O) groups is 1. The molecule has 1 amide bonds. The summed E-state index contributed by atoms with van der Waals surface area (Å²) in [6.45, 7) is 9.95. The molecule has 0 aromatic carbocycles. The van der Waals surface area contributed by atoms with Crippen LogP contribution in [0.4, 0.5) is 11.6 Å². The summed E-state index contributed by atoms with van der Waals surface area (Å²) in [7, 11) is 0. The van der Waals surface area contributed by atoms with E-state index in [0.717, 1.165) is 54.8 Å². The Hall–Kier alpha value is -2.70. The summed E-state index contributed by atoms with van der Waals surface area (Å²) in [6, 6.07) is 4.01. The Bertz CT molecular complexity index is 770. The fourth-order valence-corrected chi connectivity index (χ4v) is 3.05. The van der Waals surface area contributed by atoms with Crippen LogP contribution in [0.5, 0.6) is 0 Å². The predicted octanol–water partition coefficient (Wildman–Crippen LogP) is 1.84. The Morgan fingerprint density at radius 1 is 1.15 bits per heavy atom. The molecule has 7 nitrogen and oxygen atoms in total. The number of amides is 1. The second-order valence-corrected chi connectivity index (χ2v) is 6.55. The molecule has 0 aliphatic carbocycles. The monoisotopic (exact) mass is 354 g/mol. The largest absolute Gasteiger partial charge is 0.353 e. The molecule has 0 radical (unpaired) electrons. The first-order chi connectivity index (χ1) is 12.6. The smallest absolute Gasteiger partial charge is 0.219 e. The summed E-state index contributed by atoms with van der Waals surface area (Å²) in [5.74, 6) is 2.86. The van der Waals surface area contributed by atoms with Crippen LogP contribution in [-0.2, 0) is 11.3 Å². The molecule has 26 heavy (non-hydrogen) atoms. The molecule has 3 rings (SSSR count). The maximum absolute atomic E-state index is 11.4. The van der Waals surface area contributed by atoms with Crippen LogP contribution in [0.15, 0.2) is 24.5 Å². The second kappa shape index (κ2) is 8.12. The quantitative estimate of drug-likeness (QED) is 0.883. The molecular weight excluding hydrogens is 328 g/mol. The molecule has 138 valence electrons. The van der Waals surface area contributed by atoms with Crippen LogP contribution in [0.2, 0.25) is 0 Å². The van der Waals surface area contributed by atoms with E-state index in [0.29, 0.717) is 13.0 Å². The van der Waals surface area contributed by atoms with Gasteiger partial charge in [0.1, 0.15) is 17.5 Å².